The maximum atomic E-state index is 12.0. The zero-order valence-corrected chi connectivity index (χ0v) is 17.3. The molecule has 0 bridgehead atoms. The van der Waals surface area contributed by atoms with Gasteiger partial charge in [-0.3, -0.25) is 9.69 Å². The van der Waals surface area contributed by atoms with Crippen LogP contribution in [0.2, 0.25) is 5.02 Å². The normalized spacial score (nSPS) is 15.5. The summed E-state index contributed by atoms with van der Waals surface area (Å²) in [7, 11) is 1.68. The van der Waals surface area contributed by atoms with E-state index in [1.165, 1.54) is 16.7 Å². The van der Waals surface area contributed by atoms with Crippen LogP contribution in [0.25, 0.3) is 6.08 Å². The Hall–Kier alpha value is -2.02. The van der Waals surface area contributed by atoms with Crippen LogP contribution < -0.4 is 9.47 Å². The van der Waals surface area contributed by atoms with Gasteiger partial charge in [0.2, 0.25) is 0 Å². The summed E-state index contributed by atoms with van der Waals surface area (Å²) in [5.74, 6) is 1.44. The number of thiocarbonyl (C=S) groups is 1. The van der Waals surface area contributed by atoms with Crippen molar-refractivity contribution in [2.24, 2.45) is 0 Å². The number of amides is 1. The molecule has 0 aliphatic carbocycles. The topological polar surface area (TPSA) is 38.8 Å². The van der Waals surface area contributed by atoms with E-state index in [1.54, 1.807) is 7.05 Å². The van der Waals surface area contributed by atoms with Crippen LogP contribution in [0.4, 0.5) is 0 Å². The number of carbonyl (C=O) groups excluding carboxylic acids is 1. The van der Waals surface area contributed by atoms with Gasteiger partial charge in [0.15, 0.2) is 0 Å². The predicted molar refractivity (Wildman–Crippen MR) is 115 cm³/mol. The highest BCUT2D eigenvalue weighted by atomic mass is 35.5. The van der Waals surface area contributed by atoms with Gasteiger partial charge >= 0.3 is 0 Å². The van der Waals surface area contributed by atoms with Crippen LogP contribution in [0.1, 0.15) is 11.1 Å². The molecule has 0 N–H and O–H groups in total. The maximum absolute atomic E-state index is 12.0. The van der Waals surface area contributed by atoms with Gasteiger partial charge in [0, 0.05) is 12.1 Å². The van der Waals surface area contributed by atoms with Crippen LogP contribution >= 0.6 is 35.6 Å². The average Bonchev–Trinajstić information content (AvgIpc) is 2.90. The van der Waals surface area contributed by atoms with Crippen molar-refractivity contribution in [1.29, 1.82) is 0 Å². The Bertz CT molecular complexity index is 897. The van der Waals surface area contributed by atoms with Crippen molar-refractivity contribution in [2.45, 2.75) is 6.92 Å². The van der Waals surface area contributed by atoms with E-state index in [4.69, 9.17) is 33.3 Å². The number of rotatable bonds is 6. The van der Waals surface area contributed by atoms with E-state index < -0.39 is 0 Å². The molecule has 27 heavy (non-hydrogen) atoms. The lowest BCUT2D eigenvalue weighted by Crippen LogP contribution is -2.22. The zero-order chi connectivity index (χ0) is 19.4. The van der Waals surface area contributed by atoms with E-state index in [9.17, 15) is 4.79 Å². The van der Waals surface area contributed by atoms with E-state index in [-0.39, 0.29) is 5.91 Å². The van der Waals surface area contributed by atoms with Gasteiger partial charge in [-0.05, 0) is 54.5 Å². The highest BCUT2D eigenvalue weighted by Crippen LogP contribution is 2.31. The van der Waals surface area contributed by atoms with Crippen molar-refractivity contribution < 1.29 is 14.3 Å². The third kappa shape index (κ3) is 5.03. The molecule has 0 spiro atoms. The van der Waals surface area contributed by atoms with Crippen molar-refractivity contribution in [2.75, 3.05) is 20.3 Å². The molecule has 1 fully saturated rings. The minimum atomic E-state index is -0.0695. The van der Waals surface area contributed by atoms with Gasteiger partial charge in [0.25, 0.3) is 5.91 Å². The molecule has 2 aromatic carbocycles. The molecule has 0 aromatic heterocycles. The largest absolute Gasteiger partial charge is 0.490 e. The molecular formula is C20H18ClNO3S2. The number of likely N-dealkylation sites (N-methyl/N-ethyl adjacent to an activating group) is 1. The molecule has 0 radical (unpaired) electrons. The molecule has 2 aromatic rings. The van der Waals surface area contributed by atoms with Crippen molar-refractivity contribution >= 4 is 51.9 Å². The van der Waals surface area contributed by atoms with Crippen LogP contribution in [-0.4, -0.2) is 35.4 Å². The molecule has 1 amide bonds. The fourth-order valence-corrected chi connectivity index (χ4v) is 3.68. The van der Waals surface area contributed by atoms with Crippen molar-refractivity contribution in [3.8, 4) is 11.5 Å². The Labute approximate surface area is 173 Å². The molecule has 7 heteroatoms. The summed E-state index contributed by atoms with van der Waals surface area (Å²) in [6.45, 7) is 2.79. The number of thioether (sulfide) groups is 1. The van der Waals surface area contributed by atoms with E-state index in [0.717, 1.165) is 27.6 Å². The summed E-state index contributed by atoms with van der Waals surface area (Å²) in [6.07, 6.45) is 1.83. The minimum Gasteiger partial charge on any atom is -0.490 e. The highest BCUT2D eigenvalue weighted by molar-refractivity contribution is 8.26. The lowest BCUT2D eigenvalue weighted by Gasteiger charge is -2.09. The third-order valence-corrected chi connectivity index (χ3v) is 5.82. The Balaban J connectivity index is 1.50. The number of nitrogens with zero attached hydrogens (tertiary/aromatic N) is 1. The first-order chi connectivity index (χ1) is 12.9. The zero-order valence-electron chi connectivity index (χ0n) is 14.9. The highest BCUT2D eigenvalue weighted by Gasteiger charge is 2.28. The molecule has 140 valence electrons. The molecule has 1 heterocycles. The number of benzene rings is 2. The number of halogens is 1. The van der Waals surface area contributed by atoms with Gasteiger partial charge in [-0.2, -0.15) is 0 Å². The fraction of sp³-hybridized carbons (Fsp3) is 0.200. The fourth-order valence-electron chi connectivity index (χ4n) is 2.38. The summed E-state index contributed by atoms with van der Waals surface area (Å²) >= 11 is 12.4. The standard InChI is InChI=1S/C20H18ClNO3S2/c1-13-11-16(7-8-17(13)21)25-10-9-24-15-5-3-14(4-6-15)12-18-19(23)22(2)20(26)27-18/h3-8,11-12H,9-10H2,1-2H3. The number of hydrogen-bond donors (Lipinski definition) is 0. The van der Waals surface area contributed by atoms with Gasteiger partial charge in [-0.15, -0.1) is 0 Å². The Morgan fingerprint density at radius 1 is 1.11 bits per heavy atom. The monoisotopic (exact) mass is 419 g/mol. The van der Waals surface area contributed by atoms with Crippen LogP contribution in [0.15, 0.2) is 47.4 Å². The summed E-state index contributed by atoms with van der Waals surface area (Å²) in [4.78, 5) is 14.1. The second-order valence-corrected chi connectivity index (χ2v) is 8.00. The van der Waals surface area contributed by atoms with Gasteiger partial charge < -0.3 is 9.47 Å². The molecule has 1 aliphatic rings. The van der Waals surface area contributed by atoms with Crippen LogP contribution in [-0.2, 0) is 4.79 Å². The van der Waals surface area contributed by atoms with Gasteiger partial charge in [-0.1, -0.05) is 47.7 Å². The SMILES string of the molecule is Cc1cc(OCCOc2ccc(C=C3SC(=S)N(C)C3=O)cc2)ccc1Cl. The minimum absolute atomic E-state index is 0.0695. The smallest absolute Gasteiger partial charge is 0.265 e. The second-order valence-electron chi connectivity index (χ2n) is 5.92. The quantitative estimate of drug-likeness (QED) is 0.377. The van der Waals surface area contributed by atoms with Gasteiger partial charge in [0.05, 0.1) is 4.91 Å². The second kappa shape index (κ2) is 8.78. The number of hydrogen-bond acceptors (Lipinski definition) is 5. The lowest BCUT2D eigenvalue weighted by molar-refractivity contribution is -0.121. The van der Waals surface area contributed by atoms with E-state index in [2.05, 4.69) is 0 Å². The number of ether oxygens (including phenoxy) is 2. The average molecular weight is 420 g/mol. The Kier molecular flexibility index (Phi) is 6.42. The molecule has 0 unspecified atom stereocenters. The summed E-state index contributed by atoms with van der Waals surface area (Å²) in [5.41, 5.74) is 1.90. The predicted octanol–water partition coefficient (Wildman–Crippen LogP) is 4.94. The summed E-state index contributed by atoms with van der Waals surface area (Å²) in [5, 5.41) is 0.722. The summed E-state index contributed by atoms with van der Waals surface area (Å²) < 4.78 is 11.9. The van der Waals surface area contributed by atoms with E-state index >= 15 is 0 Å². The van der Waals surface area contributed by atoms with Crippen LogP contribution in [0.3, 0.4) is 0 Å². The maximum Gasteiger partial charge on any atom is 0.265 e. The molecule has 4 nitrogen and oxygen atoms in total. The number of aryl methyl sites for hydroxylation is 1. The Morgan fingerprint density at radius 2 is 1.74 bits per heavy atom. The molecule has 0 atom stereocenters. The van der Waals surface area contributed by atoms with E-state index in [0.29, 0.717) is 22.4 Å². The lowest BCUT2D eigenvalue weighted by atomic mass is 10.2. The van der Waals surface area contributed by atoms with Crippen molar-refractivity contribution in [1.82, 2.24) is 4.90 Å². The molecule has 0 saturated carbocycles. The summed E-state index contributed by atoms with van der Waals surface area (Å²) in [6, 6.07) is 13.1. The molecular weight excluding hydrogens is 402 g/mol. The van der Waals surface area contributed by atoms with E-state index in [1.807, 2.05) is 55.5 Å². The Morgan fingerprint density at radius 3 is 2.33 bits per heavy atom. The van der Waals surface area contributed by atoms with Gasteiger partial charge in [-0.25, -0.2) is 0 Å². The van der Waals surface area contributed by atoms with Gasteiger partial charge in [0.1, 0.15) is 29.0 Å². The first-order valence-electron chi connectivity index (χ1n) is 8.27. The molecule has 3 rings (SSSR count). The van der Waals surface area contributed by atoms with Crippen LogP contribution in [0.5, 0.6) is 11.5 Å². The third-order valence-electron chi connectivity index (χ3n) is 3.91. The van der Waals surface area contributed by atoms with Crippen molar-refractivity contribution in [3.63, 3.8) is 0 Å². The molecule has 1 saturated heterocycles. The first-order valence-corrected chi connectivity index (χ1v) is 9.87. The molecule has 1 aliphatic heterocycles. The van der Waals surface area contributed by atoms with Crippen LogP contribution in [0, 0.1) is 6.92 Å². The first kappa shape index (κ1) is 19.7. The van der Waals surface area contributed by atoms with Crippen molar-refractivity contribution in [3.05, 3.63) is 63.5 Å². The number of carbonyl (C=O) groups is 1.